The zero-order chi connectivity index (χ0) is 21.9. The molecular formula is C23H26N2O5. The van der Waals surface area contributed by atoms with Gasteiger partial charge >= 0.3 is 6.09 Å². The first-order chi connectivity index (χ1) is 14.1. The highest BCUT2D eigenvalue weighted by molar-refractivity contribution is 6.14. The van der Waals surface area contributed by atoms with Crippen LogP contribution in [0, 0.1) is 0 Å². The average Bonchev–Trinajstić information content (AvgIpc) is 3.07. The van der Waals surface area contributed by atoms with Crippen molar-refractivity contribution in [3.05, 3.63) is 59.1 Å². The summed E-state index contributed by atoms with van der Waals surface area (Å²) in [6.45, 7) is 7.34. The van der Waals surface area contributed by atoms with Crippen LogP contribution in [0.4, 0.5) is 10.5 Å². The lowest BCUT2D eigenvalue weighted by atomic mass is 9.99. The fourth-order valence-electron chi connectivity index (χ4n) is 3.16. The first-order valence-electron chi connectivity index (χ1n) is 9.83. The van der Waals surface area contributed by atoms with Crippen molar-refractivity contribution in [1.29, 1.82) is 0 Å². The number of nitrogens with one attached hydrogen (secondary N) is 2. The Morgan fingerprint density at radius 3 is 2.57 bits per heavy atom. The van der Waals surface area contributed by atoms with Gasteiger partial charge in [0.2, 0.25) is 0 Å². The standard InChI is InChI=1S/C23H26N2O5/c1-14(24-22(28)30-23(2,3)4)12-15-8-10-16(11-9-15)25-21(27)17-13-29-19-7-5-6-18(26)20(17)19/h5,7-11,13-14H,6,12H2,1-4H3,(H,24,28)(H,25,27). The van der Waals surface area contributed by atoms with Gasteiger partial charge in [-0.25, -0.2) is 4.79 Å². The number of allylic oxidation sites excluding steroid dienone is 1. The zero-order valence-corrected chi connectivity index (χ0v) is 17.6. The summed E-state index contributed by atoms with van der Waals surface area (Å²) in [6.07, 6.45) is 5.15. The molecule has 0 fully saturated rings. The summed E-state index contributed by atoms with van der Waals surface area (Å²) >= 11 is 0. The van der Waals surface area contributed by atoms with Crippen LogP contribution in [0.1, 0.15) is 66.2 Å². The summed E-state index contributed by atoms with van der Waals surface area (Å²) in [5.74, 6) is -0.109. The molecule has 0 radical (unpaired) electrons. The highest BCUT2D eigenvalue weighted by Crippen LogP contribution is 2.25. The van der Waals surface area contributed by atoms with Gasteiger partial charge in [-0.1, -0.05) is 18.2 Å². The molecule has 0 aliphatic heterocycles. The van der Waals surface area contributed by atoms with E-state index >= 15 is 0 Å². The third-order valence-corrected chi connectivity index (χ3v) is 4.43. The molecule has 0 bridgehead atoms. The van der Waals surface area contributed by atoms with Crippen molar-refractivity contribution in [2.24, 2.45) is 0 Å². The molecule has 1 atom stereocenters. The number of anilines is 1. The van der Waals surface area contributed by atoms with Crippen molar-refractivity contribution in [2.75, 3.05) is 5.32 Å². The summed E-state index contributed by atoms with van der Waals surface area (Å²) in [7, 11) is 0. The molecule has 7 heteroatoms. The van der Waals surface area contributed by atoms with Crippen molar-refractivity contribution in [3.63, 3.8) is 0 Å². The third kappa shape index (κ3) is 5.37. The number of furan rings is 1. The van der Waals surface area contributed by atoms with E-state index < -0.39 is 17.6 Å². The summed E-state index contributed by atoms with van der Waals surface area (Å²) in [5.41, 5.74) is 1.62. The second-order valence-corrected chi connectivity index (χ2v) is 8.32. The van der Waals surface area contributed by atoms with Crippen molar-refractivity contribution in [2.45, 2.75) is 52.2 Å². The Morgan fingerprint density at radius 2 is 1.90 bits per heavy atom. The highest BCUT2D eigenvalue weighted by atomic mass is 16.6. The molecule has 1 aliphatic carbocycles. The van der Waals surface area contributed by atoms with E-state index in [1.54, 1.807) is 24.3 Å². The van der Waals surface area contributed by atoms with Gasteiger partial charge in [0.15, 0.2) is 5.78 Å². The number of hydrogen-bond donors (Lipinski definition) is 2. The average molecular weight is 410 g/mol. The molecule has 3 rings (SSSR count). The Labute approximate surface area is 175 Å². The monoisotopic (exact) mass is 410 g/mol. The van der Waals surface area contributed by atoms with Crippen molar-refractivity contribution in [3.8, 4) is 0 Å². The second kappa shape index (κ2) is 8.57. The molecule has 7 nitrogen and oxygen atoms in total. The molecule has 2 N–H and O–H groups in total. The predicted molar refractivity (Wildman–Crippen MR) is 114 cm³/mol. The van der Waals surface area contributed by atoms with Gasteiger partial charge in [-0.15, -0.1) is 0 Å². The second-order valence-electron chi connectivity index (χ2n) is 8.32. The van der Waals surface area contributed by atoms with Gasteiger partial charge in [0.05, 0.1) is 11.1 Å². The number of hydrogen-bond acceptors (Lipinski definition) is 5. The van der Waals surface area contributed by atoms with Crippen molar-refractivity contribution < 1.29 is 23.5 Å². The lowest BCUT2D eigenvalue weighted by Crippen LogP contribution is -2.38. The Balaban J connectivity index is 1.58. The lowest BCUT2D eigenvalue weighted by molar-refractivity contribution is 0.0508. The molecule has 0 saturated carbocycles. The number of alkyl carbamates (subject to hydrolysis) is 1. The van der Waals surface area contributed by atoms with Crippen LogP contribution in [-0.2, 0) is 11.2 Å². The number of amides is 2. The molecule has 1 aliphatic rings. The third-order valence-electron chi connectivity index (χ3n) is 4.43. The normalized spacial score (nSPS) is 14.1. The molecule has 1 aromatic heterocycles. The maximum atomic E-state index is 12.6. The first-order valence-corrected chi connectivity index (χ1v) is 9.83. The molecule has 0 spiro atoms. The number of Topliss-reactive ketones (excluding diaryl/α,β-unsaturated/α-hetero) is 1. The first kappa shape index (κ1) is 21.4. The van der Waals surface area contributed by atoms with E-state index in [1.807, 2.05) is 39.8 Å². The zero-order valence-electron chi connectivity index (χ0n) is 17.6. The topological polar surface area (TPSA) is 97.6 Å². The quantitative estimate of drug-likeness (QED) is 0.751. The maximum Gasteiger partial charge on any atom is 0.407 e. The number of ether oxygens (including phenoxy) is 1. The molecule has 2 aromatic rings. The smallest absolute Gasteiger partial charge is 0.407 e. The Bertz CT molecular complexity index is 980. The fourth-order valence-corrected chi connectivity index (χ4v) is 3.16. The van der Waals surface area contributed by atoms with Crippen LogP contribution < -0.4 is 10.6 Å². The van der Waals surface area contributed by atoms with Crippen LogP contribution >= 0.6 is 0 Å². The lowest BCUT2D eigenvalue weighted by Gasteiger charge is -2.22. The van der Waals surface area contributed by atoms with Crippen LogP contribution in [0.3, 0.4) is 0 Å². The van der Waals surface area contributed by atoms with Gasteiger partial charge in [0.1, 0.15) is 17.6 Å². The largest absolute Gasteiger partial charge is 0.463 e. The van der Waals surface area contributed by atoms with E-state index in [0.717, 1.165) is 5.56 Å². The highest BCUT2D eigenvalue weighted by Gasteiger charge is 2.25. The number of fused-ring (bicyclic) bond motifs is 1. The summed E-state index contributed by atoms with van der Waals surface area (Å²) < 4.78 is 10.6. The van der Waals surface area contributed by atoms with E-state index in [2.05, 4.69) is 10.6 Å². The fraction of sp³-hybridized carbons (Fsp3) is 0.348. The molecule has 1 aromatic carbocycles. The molecule has 0 saturated heterocycles. The van der Waals surface area contributed by atoms with Crippen LogP contribution in [-0.4, -0.2) is 29.4 Å². The Hall–Kier alpha value is -3.35. The van der Waals surface area contributed by atoms with E-state index in [-0.39, 0.29) is 23.8 Å². The van der Waals surface area contributed by atoms with E-state index in [0.29, 0.717) is 23.4 Å². The molecule has 158 valence electrons. The number of carbonyl (C=O) groups excluding carboxylic acids is 3. The van der Waals surface area contributed by atoms with Crippen LogP contribution in [0.2, 0.25) is 0 Å². The minimum absolute atomic E-state index is 0.114. The number of ketones is 1. The van der Waals surface area contributed by atoms with Gasteiger partial charge < -0.3 is 19.8 Å². The predicted octanol–water partition coefficient (Wildman–Crippen LogP) is 4.59. The van der Waals surface area contributed by atoms with Gasteiger partial charge in [0.25, 0.3) is 5.91 Å². The number of carbonyl (C=O) groups is 3. The Morgan fingerprint density at radius 1 is 1.20 bits per heavy atom. The van der Waals surface area contributed by atoms with Crippen LogP contribution in [0.5, 0.6) is 0 Å². The van der Waals surface area contributed by atoms with E-state index in [1.165, 1.54) is 6.26 Å². The number of rotatable bonds is 5. The minimum atomic E-state index is -0.543. The molecule has 1 unspecified atom stereocenters. The van der Waals surface area contributed by atoms with Crippen LogP contribution in [0.15, 0.2) is 41.0 Å². The SMILES string of the molecule is CC(Cc1ccc(NC(=O)c2coc3c2C(=O)CC=C3)cc1)NC(=O)OC(C)(C)C. The Kier molecular flexibility index (Phi) is 6.10. The van der Waals surface area contributed by atoms with Gasteiger partial charge in [0, 0.05) is 18.2 Å². The molecule has 1 heterocycles. The summed E-state index contributed by atoms with van der Waals surface area (Å²) in [6, 6.07) is 7.20. The van der Waals surface area contributed by atoms with Crippen molar-refractivity contribution in [1.82, 2.24) is 5.32 Å². The van der Waals surface area contributed by atoms with Gasteiger partial charge in [-0.05, 0) is 57.9 Å². The summed E-state index contributed by atoms with van der Waals surface area (Å²) in [5, 5.41) is 5.59. The van der Waals surface area contributed by atoms with E-state index in [4.69, 9.17) is 9.15 Å². The van der Waals surface area contributed by atoms with Crippen molar-refractivity contribution >= 4 is 29.5 Å². The molecular weight excluding hydrogens is 384 g/mol. The molecule has 30 heavy (non-hydrogen) atoms. The maximum absolute atomic E-state index is 12.6. The van der Waals surface area contributed by atoms with Gasteiger partial charge in [-0.3, -0.25) is 9.59 Å². The summed E-state index contributed by atoms with van der Waals surface area (Å²) in [4.78, 5) is 36.5. The van der Waals surface area contributed by atoms with Crippen LogP contribution in [0.25, 0.3) is 6.08 Å². The molecule has 2 amide bonds. The number of benzene rings is 1. The minimum Gasteiger partial charge on any atom is -0.463 e. The van der Waals surface area contributed by atoms with Gasteiger partial charge in [-0.2, -0.15) is 0 Å². The van der Waals surface area contributed by atoms with E-state index in [9.17, 15) is 14.4 Å².